The standard InChI is InChI=1S/C25H34O2/c1-7-21-10-11-26-25(24(21)22-9-8-18(4)19(5)15-22)27-20(6)23-13-16(2)12-17(3)14-23/h8-9,12-15,20-21,24-25H,7,10-11H2,1-6H3. The average Bonchev–Trinajstić information content (AvgIpc) is 2.63. The molecule has 2 aromatic carbocycles. The van der Waals surface area contributed by atoms with E-state index in [4.69, 9.17) is 9.47 Å². The van der Waals surface area contributed by atoms with Gasteiger partial charge in [-0.05, 0) is 69.2 Å². The van der Waals surface area contributed by atoms with Crippen molar-refractivity contribution >= 4 is 0 Å². The zero-order valence-electron chi connectivity index (χ0n) is 17.7. The van der Waals surface area contributed by atoms with Gasteiger partial charge in [-0.3, -0.25) is 0 Å². The van der Waals surface area contributed by atoms with E-state index in [2.05, 4.69) is 77.9 Å². The highest BCUT2D eigenvalue weighted by molar-refractivity contribution is 5.33. The van der Waals surface area contributed by atoms with Crippen LogP contribution in [0.15, 0.2) is 36.4 Å². The summed E-state index contributed by atoms with van der Waals surface area (Å²) < 4.78 is 12.7. The van der Waals surface area contributed by atoms with Crippen molar-refractivity contribution in [3.63, 3.8) is 0 Å². The van der Waals surface area contributed by atoms with Crippen LogP contribution in [0.3, 0.4) is 0 Å². The van der Waals surface area contributed by atoms with E-state index in [9.17, 15) is 0 Å². The highest BCUT2D eigenvalue weighted by Gasteiger charge is 2.36. The average molecular weight is 367 g/mol. The Labute approximate surface area is 164 Å². The maximum atomic E-state index is 6.53. The molecule has 4 unspecified atom stereocenters. The van der Waals surface area contributed by atoms with Crippen LogP contribution < -0.4 is 0 Å². The van der Waals surface area contributed by atoms with Gasteiger partial charge in [0.25, 0.3) is 0 Å². The lowest BCUT2D eigenvalue weighted by Gasteiger charge is -2.39. The molecule has 0 amide bonds. The summed E-state index contributed by atoms with van der Waals surface area (Å²) in [4.78, 5) is 0. The van der Waals surface area contributed by atoms with Crippen LogP contribution in [-0.4, -0.2) is 12.9 Å². The van der Waals surface area contributed by atoms with Crippen LogP contribution in [0.1, 0.15) is 72.1 Å². The molecule has 1 heterocycles. The van der Waals surface area contributed by atoms with Gasteiger partial charge in [0.1, 0.15) is 0 Å². The normalized spacial score (nSPS) is 24.0. The summed E-state index contributed by atoms with van der Waals surface area (Å²) in [6.07, 6.45) is 2.07. The third-order valence-electron chi connectivity index (χ3n) is 6.06. The molecule has 2 aromatic rings. The summed E-state index contributed by atoms with van der Waals surface area (Å²) in [6, 6.07) is 13.5. The third kappa shape index (κ3) is 4.62. The number of aryl methyl sites for hydroxylation is 4. The zero-order chi connectivity index (χ0) is 19.6. The summed E-state index contributed by atoms with van der Waals surface area (Å²) in [7, 11) is 0. The monoisotopic (exact) mass is 366 g/mol. The first-order valence-corrected chi connectivity index (χ1v) is 10.3. The Morgan fingerprint density at radius 1 is 1.00 bits per heavy atom. The number of rotatable bonds is 5. The van der Waals surface area contributed by atoms with Gasteiger partial charge in [-0.1, -0.05) is 60.9 Å². The minimum absolute atomic E-state index is 0.0123. The first kappa shape index (κ1) is 20.1. The maximum absolute atomic E-state index is 6.53. The van der Waals surface area contributed by atoms with Crippen molar-refractivity contribution in [3.8, 4) is 0 Å². The van der Waals surface area contributed by atoms with Gasteiger partial charge in [0.05, 0.1) is 12.7 Å². The van der Waals surface area contributed by atoms with Crippen molar-refractivity contribution in [3.05, 3.63) is 69.8 Å². The first-order chi connectivity index (χ1) is 12.9. The highest BCUT2D eigenvalue weighted by atomic mass is 16.7. The second-order valence-corrected chi connectivity index (χ2v) is 8.27. The van der Waals surface area contributed by atoms with Gasteiger partial charge in [0.15, 0.2) is 6.29 Å². The fraction of sp³-hybridized carbons (Fsp3) is 0.520. The van der Waals surface area contributed by atoms with Crippen LogP contribution in [0.5, 0.6) is 0 Å². The predicted octanol–water partition coefficient (Wildman–Crippen LogP) is 6.55. The fourth-order valence-corrected chi connectivity index (χ4v) is 4.35. The molecule has 146 valence electrons. The van der Waals surface area contributed by atoms with Gasteiger partial charge in [-0.2, -0.15) is 0 Å². The Morgan fingerprint density at radius 2 is 1.70 bits per heavy atom. The second kappa shape index (κ2) is 8.58. The molecular formula is C25H34O2. The van der Waals surface area contributed by atoms with Gasteiger partial charge < -0.3 is 9.47 Å². The third-order valence-corrected chi connectivity index (χ3v) is 6.06. The van der Waals surface area contributed by atoms with Crippen LogP contribution in [0.4, 0.5) is 0 Å². The van der Waals surface area contributed by atoms with Gasteiger partial charge in [-0.25, -0.2) is 0 Å². The molecule has 0 bridgehead atoms. The Hall–Kier alpha value is -1.64. The molecule has 0 aliphatic carbocycles. The maximum Gasteiger partial charge on any atom is 0.165 e. The van der Waals surface area contributed by atoms with Crippen molar-refractivity contribution in [2.75, 3.05) is 6.61 Å². The van der Waals surface area contributed by atoms with Crippen LogP contribution in [0, 0.1) is 33.6 Å². The van der Waals surface area contributed by atoms with E-state index < -0.39 is 0 Å². The quantitative estimate of drug-likeness (QED) is 0.597. The van der Waals surface area contributed by atoms with Crippen molar-refractivity contribution in [1.29, 1.82) is 0 Å². The topological polar surface area (TPSA) is 18.5 Å². The summed E-state index contributed by atoms with van der Waals surface area (Å²) >= 11 is 0. The highest BCUT2D eigenvalue weighted by Crippen LogP contribution is 2.40. The van der Waals surface area contributed by atoms with Gasteiger partial charge in [-0.15, -0.1) is 0 Å². The molecule has 1 aliphatic rings. The van der Waals surface area contributed by atoms with Crippen LogP contribution in [0.2, 0.25) is 0 Å². The lowest BCUT2D eigenvalue weighted by molar-refractivity contribution is -0.209. The molecule has 0 radical (unpaired) electrons. The molecule has 2 nitrogen and oxygen atoms in total. The fourth-order valence-electron chi connectivity index (χ4n) is 4.35. The summed E-state index contributed by atoms with van der Waals surface area (Å²) in [5.41, 5.74) is 7.82. The number of ether oxygens (including phenoxy) is 2. The summed E-state index contributed by atoms with van der Waals surface area (Å²) in [5.74, 6) is 0.883. The molecule has 1 saturated heterocycles. The number of hydrogen-bond donors (Lipinski definition) is 0. The van der Waals surface area contributed by atoms with E-state index in [1.807, 2.05) is 0 Å². The van der Waals surface area contributed by atoms with Crippen molar-refractivity contribution in [2.45, 2.75) is 72.7 Å². The van der Waals surface area contributed by atoms with Crippen LogP contribution in [-0.2, 0) is 9.47 Å². The predicted molar refractivity (Wildman–Crippen MR) is 112 cm³/mol. The van der Waals surface area contributed by atoms with E-state index in [1.165, 1.54) is 33.4 Å². The molecule has 1 aliphatic heterocycles. The van der Waals surface area contributed by atoms with Crippen LogP contribution in [0.25, 0.3) is 0 Å². The Balaban J connectivity index is 1.87. The van der Waals surface area contributed by atoms with Crippen molar-refractivity contribution in [2.24, 2.45) is 5.92 Å². The second-order valence-electron chi connectivity index (χ2n) is 8.27. The lowest BCUT2D eigenvalue weighted by atomic mass is 9.79. The SMILES string of the molecule is CCC1CCOC(OC(C)c2cc(C)cc(C)c2)C1c1ccc(C)c(C)c1. The molecule has 27 heavy (non-hydrogen) atoms. The molecule has 0 spiro atoms. The molecule has 0 N–H and O–H groups in total. The molecule has 1 fully saturated rings. The van der Waals surface area contributed by atoms with Gasteiger partial charge in [0.2, 0.25) is 0 Å². The van der Waals surface area contributed by atoms with Gasteiger partial charge in [0, 0.05) is 5.92 Å². The molecular weight excluding hydrogens is 332 g/mol. The van der Waals surface area contributed by atoms with Crippen LogP contribution >= 0.6 is 0 Å². The van der Waals surface area contributed by atoms with E-state index in [-0.39, 0.29) is 18.3 Å². The van der Waals surface area contributed by atoms with Gasteiger partial charge >= 0.3 is 0 Å². The smallest absolute Gasteiger partial charge is 0.165 e. The Kier molecular flexibility index (Phi) is 6.39. The molecule has 0 saturated carbocycles. The zero-order valence-corrected chi connectivity index (χ0v) is 17.7. The molecule has 4 atom stereocenters. The largest absolute Gasteiger partial charge is 0.352 e. The van der Waals surface area contributed by atoms with E-state index in [0.717, 1.165) is 19.4 Å². The van der Waals surface area contributed by atoms with E-state index in [0.29, 0.717) is 5.92 Å². The minimum Gasteiger partial charge on any atom is -0.352 e. The minimum atomic E-state index is -0.193. The van der Waals surface area contributed by atoms with Crippen molar-refractivity contribution in [1.82, 2.24) is 0 Å². The lowest BCUT2D eigenvalue weighted by Crippen LogP contribution is -2.37. The Morgan fingerprint density at radius 3 is 2.33 bits per heavy atom. The first-order valence-electron chi connectivity index (χ1n) is 10.3. The Bertz CT molecular complexity index is 760. The molecule has 3 rings (SSSR count). The number of hydrogen-bond acceptors (Lipinski definition) is 2. The number of benzene rings is 2. The van der Waals surface area contributed by atoms with E-state index >= 15 is 0 Å². The van der Waals surface area contributed by atoms with Crippen molar-refractivity contribution < 1.29 is 9.47 Å². The molecule has 0 aromatic heterocycles. The summed E-state index contributed by atoms with van der Waals surface area (Å²) in [6.45, 7) is 13.9. The molecule has 2 heteroatoms. The van der Waals surface area contributed by atoms with E-state index in [1.54, 1.807) is 0 Å². The summed E-state index contributed by atoms with van der Waals surface area (Å²) in [5, 5.41) is 0.